The predicted octanol–water partition coefficient (Wildman–Crippen LogP) is 5.15. The second kappa shape index (κ2) is 11.8. The van der Waals surface area contributed by atoms with Gasteiger partial charge in [0.1, 0.15) is 11.6 Å². The fourth-order valence-electron chi connectivity index (χ4n) is 3.76. The zero-order chi connectivity index (χ0) is 24.7. The van der Waals surface area contributed by atoms with Gasteiger partial charge in [-0.2, -0.15) is 0 Å². The highest BCUT2D eigenvalue weighted by Crippen LogP contribution is 2.26. The summed E-state index contributed by atoms with van der Waals surface area (Å²) in [5, 5.41) is 10.1. The summed E-state index contributed by atoms with van der Waals surface area (Å²) < 4.78 is 44.0. The minimum absolute atomic E-state index is 0.117. The fourth-order valence-corrected chi connectivity index (χ4v) is 4.89. The Morgan fingerprint density at radius 2 is 1.79 bits per heavy atom. The van der Waals surface area contributed by atoms with Gasteiger partial charge in [0.2, 0.25) is 0 Å². The maximum absolute atomic E-state index is 14.3. The fraction of sp³-hybridized carbons (Fsp3) is 0.308. The number of benzene rings is 3. The number of hydrogen-bond acceptors (Lipinski definition) is 5. The molecule has 1 N–H and O–H groups in total. The van der Waals surface area contributed by atoms with Crippen molar-refractivity contribution in [2.75, 3.05) is 19.4 Å². The average Bonchev–Trinajstić information content (AvgIpc) is 2.79. The second-order valence-electron chi connectivity index (χ2n) is 8.26. The molecule has 0 heterocycles. The topological polar surface area (TPSA) is 66.8 Å². The van der Waals surface area contributed by atoms with E-state index in [4.69, 9.17) is 16.3 Å². The predicted molar refractivity (Wildman–Crippen MR) is 132 cm³/mol. The Bertz CT molecular complexity index is 1220. The Hall–Kier alpha value is -2.45. The van der Waals surface area contributed by atoms with Gasteiger partial charge >= 0.3 is 0 Å². The molecule has 0 aliphatic rings. The third-order valence-electron chi connectivity index (χ3n) is 5.49. The maximum atomic E-state index is 14.3. The van der Waals surface area contributed by atoms with Crippen LogP contribution in [0.3, 0.4) is 0 Å². The number of ether oxygens (including phenoxy) is 1. The molecular weight excluding hydrogens is 477 g/mol. The van der Waals surface area contributed by atoms with Crippen LogP contribution in [0.5, 0.6) is 5.75 Å². The van der Waals surface area contributed by atoms with Gasteiger partial charge in [0.15, 0.2) is 9.84 Å². The first-order chi connectivity index (χ1) is 16.2. The van der Waals surface area contributed by atoms with Crippen molar-refractivity contribution in [2.24, 2.45) is 0 Å². The van der Waals surface area contributed by atoms with E-state index in [1.54, 1.807) is 0 Å². The third kappa shape index (κ3) is 7.03. The molecule has 0 bridgehead atoms. The molecule has 0 amide bonds. The molecule has 0 radical (unpaired) electrons. The van der Waals surface area contributed by atoms with Gasteiger partial charge in [0, 0.05) is 42.5 Å². The van der Waals surface area contributed by atoms with Crippen LogP contribution in [0, 0.1) is 12.7 Å². The molecule has 34 heavy (non-hydrogen) atoms. The summed E-state index contributed by atoms with van der Waals surface area (Å²) in [5.74, 6) is -0.688. The molecule has 3 aromatic rings. The van der Waals surface area contributed by atoms with Crippen LogP contribution in [-0.4, -0.2) is 37.8 Å². The molecule has 0 saturated carbocycles. The smallest absolute Gasteiger partial charge is 0.176 e. The summed E-state index contributed by atoms with van der Waals surface area (Å²) in [6.45, 7) is 3.62. The highest BCUT2D eigenvalue weighted by Gasteiger charge is 2.19. The Labute approximate surface area is 205 Å². The highest BCUT2D eigenvalue weighted by atomic mass is 35.5. The number of halogens is 2. The molecule has 5 nitrogen and oxygen atoms in total. The summed E-state index contributed by atoms with van der Waals surface area (Å²) in [6.07, 6.45) is 1.61. The molecule has 0 saturated heterocycles. The molecule has 8 heteroatoms. The SMILES string of the molecule is Cc1cccc(CN(CCCOc2cc(F)c(CO)c(S(C)(=O)=O)c2)Cc2ccccc2)c1Cl. The summed E-state index contributed by atoms with van der Waals surface area (Å²) in [7, 11) is -3.71. The van der Waals surface area contributed by atoms with E-state index in [2.05, 4.69) is 17.0 Å². The van der Waals surface area contributed by atoms with Gasteiger partial charge in [-0.3, -0.25) is 4.90 Å². The van der Waals surface area contributed by atoms with Gasteiger partial charge in [-0.25, -0.2) is 12.8 Å². The Balaban J connectivity index is 1.68. The Kier molecular flexibility index (Phi) is 9.08. The summed E-state index contributed by atoms with van der Waals surface area (Å²) in [4.78, 5) is 2.00. The molecular formula is C26H29ClFNO4S. The van der Waals surface area contributed by atoms with Gasteiger partial charge < -0.3 is 9.84 Å². The van der Waals surface area contributed by atoms with Crippen molar-refractivity contribution < 1.29 is 22.7 Å². The minimum Gasteiger partial charge on any atom is -0.493 e. The van der Waals surface area contributed by atoms with E-state index < -0.39 is 22.3 Å². The molecule has 0 aliphatic heterocycles. The van der Waals surface area contributed by atoms with Crippen LogP contribution in [-0.2, 0) is 29.5 Å². The second-order valence-corrected chi connectivity index (χ2v) is 10.6. The normalized spacial score (nSPS) is 11.7. The Morgan fingerprint density at radius 1 is 1.06 bits per heavy atom. The summed E-state index contributed by atoms with van der Waals surface area (Å²) in [6, 6.07) is 18.5. The molecule has 3 rings (SSSR count). The molecule has 0 aliphatic carbocycles. The monoisotopic (exact) mass is 505 g/mol. The van der Waals surface area contributed by atoms with Gasteiger partial charge in [0.05, 0.1) is 18.1 Å². The number of aliphatic hydroxyl groups excluding tert-OH is 1. The lowest BCUT2D eigenvalue weighted by Crippen LogP contribution is -2.25. The van der Waals surface area contributed by atoms with Crippen molar-refractivity contribution in [3.05, 3.63) is 93.8 Å². The number of aliphatic hydroxyl groups is 1. The zero-order valence-corrected chi connectivity index (χ0v) is 20.9. The number of rotatable bonds is 11. The van der Waals surface area contributed by atoms with Crippen LogP contribution in [0.25, 0.3) is 0 Å². The number of hydrogen-bond donors (Lipinski definition) is 1. The quantitative estimate of drug-likeness (QED) is 0.365. The third-order valence-corrected chi connectivity index (χ3v) is 7.19. The molecule has 0 unspecified atom stereocenters. The largest absolute Gasteiger partial charge is 0.493 e. The van der Waals surface area contributed by atoms with Crippen molar-refractivity contribution in [1.29, 1.82) is 0 Å². The lowest BCUT2D eigenvalue weighted by Gasteiger charge is -2.23. The average molecular weight is 506 g/mol. The van der Waals surface area contributed by atoms with E-state index in [9.17, 15) is 17.9 Å². The lowest BCUT2D eigenvalue weighted by molar-refractivity contribution is 0.220. The number of nitrogens with zero attached hydrogens (tertiary/aromatic N) is 1. The van der Waals surface area contributed by atoms with E-state index in [1.165, 1.54) is 11.6 Å². The molecule has 0 aromatic heterocycles. The van der Waals surface area contributed by atoms with Crippen molar-refractivity contribution >= 4 is 21.4 Å². The molecule has 182 valence electrons. The molecule has 0 fully saturated rings. The summed E-state index contributed by atoms with van der Waals surface area (Å²) in [5.41, 5.74) is 2.99. The van der Waals surface area contributed by atoms with E-state index in [1.807, 2.05) is 43.3 Å². The van der Waals surface area contributed by atoms with E-state index in [-0.39, 0.29) is 22.8 Å². The minimum atomic E-state index is -3.71. The van der Waals surface area contributed by atoms with Crippen LogP contribution in [0.1, 0.15) is 28.7 Å². The first-order valence-corrected chi connectivity index (χ1v) is 13.2. The van der Waals surface area contributed by atoms with Crippen molar-refractivity contribution in [3.8, 4) is 5.75 Å². The summed E-state index contributed by atoms with van der Waals surface area (Å²) >= 11 is 6.52. The molecule has 3 aromatic carbocycles. The number of sulfone groups is 1. The van der Waals surface area contributed by atoms with E-state index in [0.29, 0.717) is 19.5 Å². The van der Waals surface area contributed by atoms with Crippen LogP contribution in [0.4, 0.5) is 4.39 Å². The van der Waals surface area contributed by atoms with Crippen LogP contribution in [0.2, 0.25) is 5.02 Å². The van der Waals surface area contributed by atoms with Crippen LogP contribution >= 0.6 is 11.6 Å². The van der Waals surface area contributed by atoms with Crippen LogP contribution in [0.15, 0.2) is 65.6 Å². The first kappa shape index (κ1) is 26.2. The first-order valence-electron chi connectivity index (χ1n) is 11.0. The maximum Gasteiger partial charge on any atom is 0.176 e. The number of aryl methyl sites for hydroxylation is 1. The van der Waals surface area contributed by atoms with Gasteiger partial charge in [-0.05, 0) is 36.1 Å². The van der Waals surface area contributed by atoms with E-state index >= 15 is 0 Å². The lowest BCUT2D eigenvalue weighted by atomic mass is 10.1. The highest BCUT2D eigenvalue weighted by molar-refractivity contribution is 7.90. The molecule has 0 spiro atoms. The van der Waals surface area contributed by atoms with Crippen LogP contribution < -0.4 is 4.74 Å². The van der Waals surface area contributed by atoms with Gasteiger partial charge in [-0.1, -0.05) is 60.1 Å². The molecule has 0 atom stereocenters. The van der Waals surface area contributed by atoms with Crippen molar-refractivity contribution in [1.82, 2.24) is 4.90 Å². The van der Waals surface area contributed by atoms with Crippen molar-refractivity contribution in [2.45, 2.75) is 37.9 Å². The van der Waals surface area contributed by atoms with Gasteiger partial charge in [0.25, 0.3) is 0 Å². The van der Waals surface area contributed by atoms with E-state index in [0.717, 1.165) is 35.0 Å². The standard InChI is InChI=1S/C26H29ClFNO4S/c1-19-8-6-11-21(26(19)27)17-29(16-20-9-4-3-5-10-20)12-7-13-33-22-14-24(28)23(18-30)25(15-22)34(2,31)32/h3-6,8-11,14-15,30H,7,12-13,16-18H2,1-2H3. The van der Waals surface area contributed by atoms with Crippen molar-refractivity contribution in [3.63, 3.8) is 0 Å². The Morgan fingerprint density at radius 3 is 2.47 bits per heavy atom. The van der Waals surface area contributed by atoms with Gasteiger partial charge in [-0.15, -0.1) is 0 Å². The zero-order valence-electron chi connectivity index (χ0n) is 19.3.